The minimum absolute atomic E-state index is 0.0155. The zero-order valence-corrected chi connectivity index (χ0v) is 14.5. The SMILES string of the molecule is Cc1ccc(C)c(OCC(=O)NN=C2C3CC4CC(C3)CC2C4)c1. The molecule has 4 aliphatic rings. The van der Waals surface area contributed by atoms with Crippen molar-refractivity contribution in [2.75, 3.05) is 6.61 Å². The number of rotatable bonds is 4. The summed E-state index contributed by atoms with van der Waals surface area (Å²) in [5, 5.41) is 4.51. The van der Waals surface area contributed by atoms with Crippen molar-refractivity contribution in [1.29, 1.82) is 0 Å². The van der Waals surface area contributed by atoms with Crippen molar-refractivity contribution in [2.24, 2.45) is 28.8 Å². The second kappa shape index (κ2) is 6.23. The van der Waals surface area contributed by atoms with Gasteiger partial charge in [-0.15, -0.1) is 0 Å². The van der Waals surface area contributed by atoms with Crippen molar-refractivity contribution in [3.63, 3.8) is 0 Å². The van der Waals surface area contributed by atoms with E-state index in [1.165, 1.54) is 37.8 Å². The molecule has 24 heavy (non-hydrogen) atoms. The summed E-state index contributed by atoms with van der Waals surface area (Å²) >= 11 is 0. The maximum absolute atomic E-state index is 12.1. The monoisotopic (exact) mass is 326 g/mol. The van der Waals surface area contributed by atoms with Crippen molar-refractivity contribution >= 4 is 11.6 Å². The molecule has 0 aromatic heterocycles. The summed E-state index contributed by atoms with van der Waals surface area (Å²) in [4.78, 5) is 12.1. The van der Waals surface area contributed by atoms with Crippen LogP contribution in [0.1, 0.15) is 43.2 Å². The van der Waals surface area contributed by atoms with Crippen LogP contribution in [0.3, 0.4) is 0 Å². The number of carbonyl (C=O) groups excluding carboxylic acids is 1. The lowest BCUT2D eigenvalue weighted by atomic mass is 9.55. The number of nitrogens with one attached hydrogen (secondary N) is 1. The molecule has 0 heterocycles. The molecule has 1 N–H and O–H groups in total. The first-order chi connectivity index (χ1) is 11.6. The lowest BCUT2D eigenvalue weighted by Crippen LogP contribution is -2.46. The highest BCUT2D eigenvalue weighted by Crippen LogP contribution is 2.52. The van der Waals surface area contributed by atoms with Crippen molar-refractivity contribution < 1.29 is 9.53 Å². The van der Waals surface area contributed by atoms with Gasteiger partial charge < -0.3 is 4.74 Å². The zero-order valence-electron chi connectivity index (χ0n) is 14.5. The summed E-state index contributed by atoms with van der Waals surface area (Å²) in [6, 6.07) is 6.02. The largest absolute Gasteiger partial charge is 0.483 e. The molecule has 0 atom stereocenters. The Hall–Kier alpha value is -1.84. The third kappa shape index (κ3) is 3.06. The molecule has 0 spiro atoms. The Morgan fingerprint density at radius 2 is 1.79 bits per heavy atom. The predicted molar refractivity (Wildman–Crippen MR) is 94.0 cm³/mol. The first kappa shape index (κ1) is 15.7. The number of aryl methyl sites for hydroxylation is 2. The summed E-state index contributed by atoms with van der Waals surface area (Å²) < 4.78 is 5.66. The second-order valence-electron chi connectivity index (χ2n) is 7.93. The van der Waals surface area contributed by atoms with Gasteiger partial charge in [0, 0.05) is 5.71 Å². The molecule has 4 saturated carbocycles. The lowest BCUT2D eigenvalue weighted by molar-refractivity contribution is -0.123. The molecular weight excluding hydrogens is 300 g/mol. The fourth-order valence-corrected chi connectivity index (χ4v) is 5.01. The molecule has 128 valence electrons. The van der Waals surface area contributed by atoms with Crippen LogP contribution in [-0.4, -0.2) is 18.2 Å². The average Bonchev–Trinajstić information content (AvgIpc) is 2.54. The number of ether oxygens (including phenoxy) is 1. The van der Waals surface area contributed by atoms with Crippen LogP contribution in [0, 0.1) is 37.5 Å². The van der Waals surface area contributed by atoms with Crippen LogP contribution in [0.15, 0.2) is 23.3 Å². The second-order valence-corrected chi connectivity index (χ2v) is 7.93. The summed E-state index contributed by atoms with van der Waals surface area (Å²) in [6.45, 7) is 4.02. The molecule has 1 amide bonds. The third-order valence-corrected chi connectivity index (χ3v) is 5.99. The van der Waals surface area contributed by atoms with E-state index in [1.807, 2.05) is 32.0 Å². The summed E-state index contributed by atoms with van der Waals surface area (Å²) in [7, 11) is 0. The van der Waals surface area contributed by atoms with E-state index >= 15 is 0 Å². The van der Waals surface area contributed by atoms with Crippen molar-refractivity contribution in [2.45, 2.75) is 46.0 Å². The molecule has 5 rings (SSSR count). The molecule has 0 aliphatic heterocycles. The van der Waals surface area contributed by atoms with Gasteiger partial charge in [0.05, 0.1) is 0 Å². The Morgan fingerprint density at radius 1 is 1.12 bits per heavy atom. The molecular formula is C20H26N2O2. The van der Waals surface area contributed by atoms with Gasteiger partial charge >= 0.3 is 0 Å². The minimum Gasteiger partial charge on any atom is -0.483 e. The molecule has 0 saturated heterocycles. The van der Waals surface area contributed by atoms with Crippen LogP contribution in [0.25, 0.3) is 0 Å². The normalized spacial score (nSPS) is 30.3. The molecule has 0 unspecified atom stereocenters. The van der Waals surface area contributed by atoms with Crippen LogP contribution in [-0.2, 0) is 4.79 Å². The van der Waals surface area contributed by atoms with Gasteiger partial charge in [0.2, 0.25) is 0 Å². The third-order valence-electron chi connectivity index (χ3n) is 5.99. The average molecular weight is 326 g/mol. The van der Waals surface area contributed by atoms with E-state index in [9.17, 15) is 4.79 Å². The maximum Gasteiger partial charge on any atom is 0.277 e. The maximum atomic E-state index is 12.1. The van der Waals surface area contributed by atoms with Gasteiger partial charge in [0.25, 0.3) is 5.91 Å². The number of benzene rings is 1. The van der Waals surface area contributed by atoms with Crippen molar-refractivity contribution in [1.82, 2.24) is 5.43 Å². The zero-order chi connectivity index (χ0) is 16.7. The van der Waals surface area contributed by atoms with Gasteiger partial charge in [0.15, 0.2) is 6.61 Å². The van der Waals surface area contributed by atoms with E-state index in [4.69, 9.17) is 4.74 Å². The van der Waals surface area contributed by atoms with E-state index in [1.54, 1.807) is 0 Å². The fraction of sp³-hybridized carbons (Fsp3) is 0.600. The molecule has 4 nitrogen and oxygen atoms in total. The highest BCUT2D eigenvalue weighted by atomic mass is 16.5. The fourth-order valence-electron chi connectivity index (χ4n) is 5.01. The Kier molecular flexibility index (Phi) is 4.07. The number of hydrogen-bond acceptors (Lipinski definition) is 3. The standard InChI is InChI=1S/C20H26N2O2/c1-12-3-4-13(2)18(5-12)24-11-19(23)21-22-20-16-7-14-6-15(9-16)10-17(20)8-14/h3-5,14-17H,6-11H2,1-2H3,(H,21,23). The quantitative estimate of drug-likeness (QED) is 0.859. The van der Waals surface area contributed by atoms with Crippen molar-refractivity contribution in [3.05, 3.63) is 29.3 Å². The van der Waals surface area contributed by atoms with Gasteiger partial charge in [-0.05, 0) is 86.8 Å². The van der Waals surface area contributed by atoms with Crippen LogP contribution in [0.5, 0.6) is 5.75 Å². The molecule has 4 fully saturated rings. The number of hydrazone groups is 1. The van der Waals surface area contributed by atoms with E-state index in [0.717, 1.165) is 28.7 Å². The first-order valence-corrected chi connectivity index (χ1v) is 9.15. The highest BCUT2D eigenvalue weighted by Gasteiger charge is 2.46. The van der Waals surface area contributed by atoms with E-state index in [2.05, 4.69) is 10.5 Å². The number of hydrogen-bond donors (Lipinski definition) is 1. The highest BCUT2D eigenvalue weighted by molar-refractivity contribution is 5.92. The predicted octanol–water partition coefficient (Wildman–Crippen LogP) is 3.61. The summed E-state index contributed by atoms with van der Waals surface area (Å²) in [5.41, 5.74) is 6.16. The molecule has 1 aromatic carbocycles. The first-order valence-electron chi connectivity index (χ1n) is 9.15. The van der Waals surface area contributed by atoms with Gasteiger partial charge in [-0.25, -0.2) is 5.43 Å². The Labute approximate surface area is 143 Å². The Morgan fingerprint density at radius 3 is 2.46 bits per heavy atom. The van der Waals surface area contributed by atoms with Crippen LogP contribution in [0.2, 0.25) is 0 Å². The van der Waals surface area contributed by atoms with Gasteiger partial charge in [-0.3, -0.25) is 4.79 Å². The van der Waals surface area contributed by atoms with Gasteiger partial charge in [-0.1, -0.05) is 12.1 Å². The van der Waals surface area contributed by atoms with Crippen LogP contribution < -0.4 is 10.2 Å². The van der Waals surface area contributed by atoms with E-state index in [0.29, 0.717) is 11.8 Å². The molecule has 4 bridgehead atoms. The van der Waals surface area contributed by atoms with Gasteiger partial charge in [0.1, 0.15) is 5.75 Å². The van der Waals surface area contributed by atoms with E-state index < -0.39 is 0 Å². The van der Waals surface area contributed by atoms with Gasteiger partial charge in [-0.2, -0.15) is 5.10 Å². The molecule has 0 radical (unpaired) electrons. The minimum atomic E-state index is -0.169. The van der Waals surface area contributed by atoms with E-state index in [-0.39, 0.29) is 12.5 Å². The number of carbonyl (C=O) groups is 1. The smallest absolute Gasteiger partial charge is 0.277 e. The molecule has 1 aromatic rings. The topological polar surface area (TPSA) is 50.7 Å². The summed E-state index contributed by atoms with van der Waals surface area (Å²) in [5.74, 6) is 3.65. The molecule has 4 heteroatoms. The lowest BCUT2D eigenvalue weighted by Gasteiger charge is -2.50. The number of amides is 1. The molecule has 4 aliphatic carbocycles. The summed E-state index contributed by atoms with van der Waals surface area (Å²) in [6.07, 6.45) is 6.54. The van der Waals surface area contributed by atoms with Crippen molar-refractivity contribution in [3.8, 4) is 5.75 Å². The Balaban J connectivity index is 1.34. The van der Waals surface area contributed by atoms with Crippen LogP contribution >= 0.6 is 0 Å². The van der Waals surface area contributed by atoms with Crippen LogP contribution in [0.4, 0.5) is 0 Å². The number of nitrogens with zero attached hydrogens (tertiary/aromatic N) is 1. The Bertz CT molecular complexity index is 650.